The van der Waals surface area contributed by atoms with Crippen LogP contribution in [0.5, 0.6) is 0 Å². The number of benzene rings is 1. The van der Waals surface area contributed by atoms with E-state index in [0.717, 1.165) is 16.5 Å². The summed E-state index contributed by atoms with van der Waals surface area (Å²) in [6, 6.07) is 8.95. The Kier molecular flexibility index (Phi) is 5.81. The highest BCUT2D eigenvalue weighted by atomic mass is 16.5. The molecule has 1 saturated carbocycles. The van der Waals surface area contributed by atoms with Crippen LogP contribution in [0.2, 0.25) is 0 Å². The highest BCUT2D eigenvalue weighted by Gasteiger charge is 2.20. The van der Waals surface area contributed by atoms with Crippen LogP contribution in [0.1, 0.15) is 38.2 Å². The SMILES string of the molecule is CCOC(=O)Cc1ccn(-c2cncc(-n3ncc4ccc(N(C)C5CCCC5)cc43)n2)c1. The lowest BCUT2D eigenvalue weighted by Gasteiger charge is -2.26. The Labute approximate surface area is 192 Å². The zero-order valence-electron chi connectivity index (χ0n) is 19.0. The van der Waals surface area contributed by atoms with Gasteiger partial charge in [-0.1, -0.05) is 12.8 Å². The molecule has 0 spiro atoms. The first-order valence-corrected chi connectivity index (χ1v) is 11.5. The van der Waals surface area contributed by atoms with Gasteiger partial charge in [0.25, 0.3) is 0 Å². The van der Waals surface area contributed by atoms with Crippen molar-refractivity contribution >= 4 is 22.6 Å². The van der Waals surface area contributed by atoms with E-state index in [2.05, 4.69) is 40.2 Å². The number of rotatable bonds is 7. The molecule has 1 aliphatic rings. The minimum Gasteiger partial charge on any atom is -0.466 e. The predicted octanol–water partition coefficient (Wildman–Crippen LogP) is 4.09. The fourth-order valence-electron chi connectivity index (χ4n) is 4.55. The number of carbonyl (C=O) groups excluding carboxylic acids is 1. The van der Waals surface area contributed by atoms with Crippen molar-refractivity contribution in [3.63, 3.8) is 0 Å². The number of esters is 1. The van der Waals surface area contributed by atoms with Gasteiger partial charge in [-0.3, -0.25) is 9.78 Å². The van der Waals surface area contributed by atoms with Gasteiger partial charge in [-0.15, -0.1) is 0 Å². The molecule has 4 aromatic rings. The lowest BCUT2D eigenvalue weighted by molar-refractivity contribution is -0.142. The van der Waals surface area contributed by atoms with Crippen molar-refractivity contribution in [2.75, 3.05) is 18.6 Å². The van der Waals surface area contributed by atoms with E-state index in [4.69, 9.17) is 9.72 Å². The van der Waals surface area contributed by atoms with Crippen molar-refractivity contribution in [1.29, 1.82) is 0 Å². The lowest BCUT2D eigenvalue weighted by atomic mass is 10.1. The van der Waals surface area contributed by atoms with E-state index in [1.54, 1.807) is 19.3 Å². The Morgan fingerprint density at radius 2 is 1.97 bits per heavy atom. The van der Waals surface area contributed by atoms with Crippen LogP contribution in [0.4, 0.5) is 5.69 Å². The van der Waals surface area contributed by atoms with Crippen LogP contribution in [0.15, 0.2) is 55.2 Å². The van der Waals surface area contributed by atoms with E-state index in [1.165, 1.54) is 31.4 Å². The largest absolute Gasteiger partial charge is 0.466 e. The summed E-state index contributed by atoms with van der Waals surface area (Å²) in [5, 5.41) is 5.65. The van der Waals surface area contributed by atoms with Gasteiger partial charge in [0.15, 0.2) is 11.6 Å². The van der Waals surface area contributed by atoms with Crippen LogP contribution in [0, 0.1) is 0 Å². The number of hydrogen-bond donors (Lipinski definition) is 0. The minimum absolute atomic E-state index is 0.231. The Morgan fingerprint density at radius 3 is 2.79 bits per heavy atom. The maximum atomic E-state index is 11.8. The fraction of sp³-hybridized carbons (Fsp3) is 0.360. The molecule has 1 aromatic carbocycles. The van der Waals surface area contributed by atoms with E-state index >= 15 is 0 Å². The van der Waals surface area contributed by atoms with Gasteiger partial charge < -0.3 is 14.2 Å². The molecular formula is C25H28N6O2. The Balaban J connectivity index is 1.44. The molecule has 170 valence electrons. The molecule has 1 fully saturated rings. The maximum Gasteiger partial charge on any atom is 0.310 e. The average molecular weight is 445 g/mol. The van der Waals surface area contributed by atoms with E-state index in [0.29, 0.717) is 24.3 Å². The van der Waals surface area contributed by atoms with E-state index < -0.39 is 0 Å². The molecule has 0 aliphatic heterocycles. The molecule has 0 amide bonds. The monoisotopic (exact) mass is 444 g/mol. The molecule has 1 aliphatic carbocycles. The number of ether oxygens (including phenoxy) is 1. The average Bonchev–Trinajstić information content (AvgIpc) is 3.59. The zero-order valence-corrected chi connectivity index (χ0v) is 19.0. The molecule has 0 radical (unpaired) electrons. The number of carbonyl (C=O) groups is 1. The quantitative estimate of drug-likeness (QED) is 0.400. The van der Waals surface area contributed by atoms with Gasteiger partial charge in [-0.05, 0) is 49.6 Å². The summed E-state index contributed by atoms with van der Waals surface area (Å²) in [5.74, 6) is 1.06. The Bertz CT molecular complexity index is 1270. The van der Waals surface area contributed by atoms with Crippen LogP contribution in [0.3, 0.4) is 0 Å². The summed E-state index contributed by atoms with van der Waals surface area (Å²) in [7, 11) is 2.18. The predicted molar refractivity (Wildman–Crippen MR) is 127 cm³/mol. The van der Waals surface area contributed by atoms with Crippen LogP contribution in [0.25, 0.3) is 22.5 Å². The van der Waals surface area contributed by atoms with E-state index in [-0.39, 0.29) is 12.4 Å². The Hall–Kier alpha value is -3.68. The van der Waals surface area contributed by atoms with Crippen LogP contribution < -0.4 is 4.90 Å². The summed E-state index contributed by atoms with van der Waals surface area (Å²) in [6.07, 6.45) is 14.3. The molecule has 0 saturated heterocycles. The van der Waals surface area contributed by atoms with Gasteiger partial charge in [0, 0.05) is 36.6 Å². The molecular weight excluding hydrogens is 416 g/mol. The second kappa shape index (κ2) is 9.05. The maximum absolute atomic E-state index is 11.8. The van der Waals surface area contributed by atoms with Crippen molar-refractivity contribution in [1.82, 2.24) is 24.3 Å². The minimum atomic E-state index is -0.239. The van der Waals surface area contributed by atoms with Gasteiger partial charge >= 0.3 is 5.97 Å². The van der Waals surface area contributed by atoms with Crippen LogP contribution in [-0.2, 0) is 16.0 Å². The van der Waals surface area contributed by atoms with Gasteiger partial charge in [0.05, 0.1) is 37.1 Å². The second-order valence-electron chi connectivity index (χ2n) is 8.49. The highest BCUT2D eigenvalue weighted by molar-refractivity contribution is 5.83. The molecule has 8 heteroatoms. The first-order valence-electron chi connectivity index (χ1n) is 11.5. The Morgan fingerprint density at radius 1 is 1.15 bits per heavy atom. The number of aromatic nitrogens is 5. The van der Waals surface area contributed by atoms with Gasteiger partial charge in [-0.25, -0.2) is 9.67 Å². The third kappa shape index (κ3) is 4.33. The van der Waals surface area contributed by atoms with Gasteiger partial charge in [-0.2, -0.15) is 5.10 Å². The lowest BCUT2D eigenvalue weighted by Crippen LogP contribution is -2.28. The van der Waals surface area contributed by atoms with Crippen molar-refractivity contribution in [2.45, 2.75) is 45.1 Å². The topological polar surface area (TPSA) is 78.1 Å². The normalized spacial score (nSPS) is 14.1. The van der Waals surface area contributed by atoms with Crippen molar-refractivity contribution in [3.05, 3.63) is 60.8 Å². The molecule has 0 unspecified atom stereocenters. The molecule has 0 bridgehead atoms. The third-order valence-electron chi connectivity index (χ3n) is 6.33. The van der Waals surface area contributed by atoms with Crippen LogP contribution in [-0.4, -0.2) is 50.0 Å². The fourth-order valence-corrected chi connectivity index (χ4v) is 4.55. The third-order valence-corrected chi connectivity index (χ3v) is 6.33. The molecule has 3 aromatic heterocycles. The molecule has 33 heavy (non-hydrogen) atoms. The van der Waals surface area contributed by atoms with E-state index in [9.17, 15) is 4.79 Å². The molecule has 5 rings (SSSR count). The second-order valence-corrected chi connectivity index (χ2v) is 8.49. The van der Waals surface area contributed by atoms with Crippen molar-refractivity contribution in [2.24, 2.45) is 0 Å². The number of hydrogen-bond acceptors (Lipinski definition) is 6. The summed E-state index contributed by atoms with van der Waals surface area (Å²) < 4.78 is 8.73. The number of fused-ring (bicyclic) bond motifs is 1. The van der Waals surface area contributed by atoms with Crippen molar-refractivity contribution in [3.8, 4) is 11.6 Å². The molecule has 8 nitrogen and oxygen atoms in total. The molecule has 0 atom stereocenters. The molecule has 0 N–H and O–H groups in total. The summed E-state index contributed by atoms with van der Waals surface area (Å²) >= 11 is 0. The number of nitrogens with zero attached hydrogens (tertiary/aromatic N) is 6. The van der Waals surface area contributed by atoms with Gasteiger partial charge in [0.1, 0.15) is 0 Å². The molecule has 3 heterocycles. The smallest absolute Gasteiger partial charge is 0.310 e. The standard InChI is InChI=1S/C25H28N6O2/c1-3-33-25(32)12-18-10-11-30(17-18)23-15-26-16-24(28-23)31-22-13-21(9-8-19(22)14-27-31)29(2)20-6-4-5-7-20/h8-11,13-17,20H,3-7,12H2,1-2H3. The van der Waals surface area contributed by atoms with Crippen LogP contribution >= 0.6 is 0 Å². The first kappa shape index (κ1) is 21.2. The van der Waals surface area contributed by atoms with Gasteiger partial charge in [0.2, 0.25) is 0 Å². The summed E-state index contributed by atoms with van der Waals surface area (Å²) in [6.45, 7) is 2.18. The zero-order chi connectivity index (χ0) is 22.8. The van der Waals surface area contributed by atoms with Crippen molar-refractivity contribution < 1.29 is 9.53 Å². The highest BCUT2D eigenvalue weighted by Crippen LogP contribution is 2.29. The summed E-state index contributed by atoms with van der Waals surface area (Å²) in [4.78, 5) is 23.3. The first-order chi connectivity index (χ1) is 16.1. The summed E-state index contributed by atoms with van der Waals surface area (Å²) in [5.41, 5.74) is 3.05. The van der Waals surface area contributed by atoms with E-state index in [1.807, 2.05) is 33.9 Å². The number of anilines is 1.